The van der Waals surface area contributed by atoms with E-state index >= 15 is 0 Å². The highest BCUT2D eigenvalue weighted by Gasteiger charge is 2.47. The van der Waals surface area contributed by atoms with Gasteiger partial charge in [-0.15, -0.1) is 0 Å². The molecule has 1 unspecified atom stereocenters. The van der Waals surface area contributed by atoms with Crippen molar-refractivity contribution in [3.05, 3.63) is 53.1 Å². The molecule has 2 N–H and O–H groups in total. The fraction of sp³-hybridized carbons (Fsp3) is 0.364. The fourth-order valence-corrected chi connectivity index (χ4v) is 7.12. The number of rotatable bonds is 6. The van der Waals surface area contributed by atoms with Gasteiger partial charge in [-0.05, 0) is 31.0 Å². The monoisotopic (exact) mass is 490 g/mol. The van der Waals surface area contributed by atoms with E-state index in [0.29, 0.717) is 46.5 Å². The maximum Gasteiger partial charge on any atom is 0.181 e. The molecule has 0 spiro atoms. The molecule has 1 saturated carbocycles. The van der Waals surface area contributed by atoms with Gasteiger partial charge in [-0.1, -0.05) is 29.6 Å². The Kier molecular flexibility index (Phi) is 6.49. The molecule has 1 aliphatic carbocycles. The molecule has 0 amide bonds. The zero-order valence-corrected chi connectivity index (χ0v) is 19.9. The van der Waals surface area contributed by atoms with Crippen molar-refractivity contribution < 1.29 is 13.1 Å². The van der Waals surface area contributed by atoms with E-state index in [1.807, 2.05) is 0 Å². The maximum atomic E-state index is 14.8. The first-order valence-electron chi connectivity index (χ1n) is 10.4. The van der Waals surface area contributed by atoms with Crippen LogP contribution in [0.5, 0.6) is 0 Å². The predicted molar refractivity (Wildman–Crippen MR) is 127 cm³/mol. The van der Waals surface area contributed by atoms with E-state index in [1.165, 1.54) is 25.5 Å². The SMILES string of the molecule is CN=C(N)C1(S(=O)(Cc2cc(-c3cc(-c4ncc(Cl)cn4)no3)ccc2F)=NC)CCCC1. The molecule has 3 aromatic rings. The summed E-state index contributed by atoms with van der Waals surface area (Å²) in [7, 11) is 0.139. The molecule has 8 nitrogen and oxygen atoms in total. The van der Waals surface area contributed by atoms with Crippen LogP contribution in [0, 0.1) is 5.82 Å². The summed E-state index contributed by atoms with van der Waals surface area (Å²) >= 11 is 5.83. The molecule has 0 saturated heterocycles. The van der Waals surface area contributed by atoms with Crippen LogP contribution in [0.3, 0.4) is 0 Å². The Bertz CT molecular complexity index is 1310. The molecule has 0 aliphatic heterocycles. The first kappa shape index (κ1) is 23.3. The quantitative estimate of drug-likeness (QED) is 0.401. The summed E-state index contributed by atoms with van der Waals surface area (Å²) in [6, 6.07) is 6.15. The van der Waals surface area contributed by atoms with Crippen molar-refractivity contribution in [2.24, 2.45) is 15.1 Å². The van der Waals surface area contributed by atoms with E-state index in [2.05, 4.69) is 24.5 Å². The molecule has 33 heavy (non-hydrogen) atoms. The van der Waals surface area contributed by atoms with Crippen molar-refractivity contribution in [1.29, 1.82) is 0 Å². The van der Waals surface area contributed by atoms with E-state index in [1.54, 1.807) is 25.2 Å². The van der Waals surface area contributed by atoms with Crippen LogP contribution in [-0.2, 0) is 15.5 Å². The number of aliphatic imine (C=N–C) groups is 1. The highest BCUT2D eigenvalue weighted by molar-refractivity contribution is 7.95. The molecule has 11 heteroatoms. The summed E-state index contributed by atoms with van der Waals surface area (Å²) in [5, 5.41) is 4.41. The number of halogens is 2. The lowest BCUT2D eigenvalue weighted by atomic mass is 10.1. The summed E-state index contributed by atoms with van der Waals surface area (Å²) < 4.78 is 37.8. The average Bonchev–Trinajstić information content (AvgIpc) is 3.52. The van der Waals surface area contributed by atoms with Gasteiger partial charge in [0.05, 0.1) is 20.5 Å². The highest BCUT2D eigenvalue weighted by Crippen LogP contribution is 2.41. The van der Waals surface area contributed by atoms with Gasteiger partial charge in [0.15, 0.2) is 17.3 Å². The molecule has 2 aromatic heterocycles. The van der Waals surface area contributed by atoms with Crippen LogP contribution >= 0.6 is 11.6 Å². The van der Waals surface area contributed by atoms with Crippen LogP contribution in [0.25, 0.3) is 22.8 Å². The van der Waals surface area contributed by atoms with E-state index in [4.69, 9.17) is 21.9 Å². The zero-order chi connectivity index (χ0) is 23.6. The van der Waals surface area contributed by atoms with Gasteiger partial charge >= 0.3 is 0 Å². The predicted octanol–water partition coefficient (Wildman–Crippen LogP) is 4.49. The van der Waals surface area contributed by atoms with Crippen molar-refractivity contribution in [3.63, 3.8) is 0 Å². The van der Waals surface area contributed by atoms with Crippen LogP contribution in [-0.4, -0.2) is 44.0 Å². The molecule has 4 rings (SSSR count). The number of benzene rings is 1. The third kappa shape index (κ3) is 4.24. The molecule has 1 fully saturated rings. The fourth-order valence-electron chi connectivity index (χ4n) is 4.28. The minimum atomic E-state index is -2.94. The van der Waals surface area contributed by atoms with E-state index in [-0.39, 0.29) is 11.3 Å². The topological polar surface area (TPSA) is 120 Å². The average molecular weight is 491 g/mol. The molecule has 1 aromatic carbocycles. The number of amidine groups is 1. The molecule has 0 bridgehead atoms. The molecule has 174 valence electrons. The molecule has 0 radical (unpaired) electrons. The molecule has 1 aliphatic rings. The number of aromatic nitrogens is 3. The van der Waals surface area contributed by atoms with Crippen molar-refractivity contribution in [1.82, 2.24) is 15.1 Å². The second kappa shape index (κ2) is 9.18. The first-order chi connectivity index (χ1) is 15.8. The zero-order valence-electron chi connectivity index (χ0n) is 18.3. The molecular weight excluding hydrogens is 467 g/mol. The summed E-state index contributed by atoms with van der Waals surface area (Å²) in [6.45, 7) is 0. The van der Waals surface area contributed by atoms with Crippen LogP contribution < -0.4 is 5.73 Å². The van der Waals surface area contributed by atoms with Gasteiger partial charge < -0.3 is 10.3 Å². The van der Waals surface area contributed by atoms with E-state index in [0.717, 1.165) is 12.8 Å². The smallest absolute Gasteiger partial charge is 0.181 e. The molecule has 2 heterocycles. The number of hydrogen-bond donors (Lipinski definition) is 1. The second-order valence-corrected chi connectivity index (χ2v) is 11.0. The van der Waals surface area contributed by atoms with Crippen LogP contribution in [0.4, 0.5) is 4.39 Å². The van der Waals surface area contributed by atoms with Gasteiger partial charge in [0.1, 0.15) is 16.4 Å². The highest BCUT2D eigenvalue weighted by atomic mass is 35.5. The standard InChI is InChI=1S/C22H24ClFN6O2S/c1-26-21(25)22(7-3-4-8-22)33(31,27-2)13-15-9-14(5-6-17(15)24)19-10-18(30-32-19)20-28-11-16(23)12-29-20/h5-6,9-12H,3-4,7-8,13H2,1-2H3,(H2,25,26). The lowest BCUT2D eigenvalue weighted by Gasteiger charge is -2.32. The Balaban J connectivity index is 1.70. The van der Waals surface area contributed by atoms with Crippen molar-refractivity contribution in [2.45, 2.75) is 36.2 Å². The van der Waals surface area contributed by atoms with Gasteiger partial charge in [0.25, 0.3) is 0 Å². The Morgan fingerprint density at radius 1 is 1.24 bits per heavy atom. The van der Waals surface area contributed by atoms with E-state index < -0.39 is 20.3 Å². The van der Waals surface area contributed by atoms with Gasteiger partial charge in [-0.25, -0.2) is 22.9 Å². The Morgan fingerprint density at radius 2 is 1.94 bits per heavy atom. The van der Waals surface area contributed by atoms with Gasteiger partial charge in [0, 0.05) is 43.7 Å². The Hall–Kier alpha value is -2.85. The normalized spacial score (nSPS) is 17.6. The first-order valence-corrected chi connectivity index (χ1v) is 12.5. The minimum absolute atomic E-state index is 0.0827. The van der Waals surface area contributed by atoms with Crippen molar-refractivity contribution in [3.8, 4) is 22.8 Å². The maximum absolute atomic E-state index is 14.8. The lowest BCUT2D eigenvalue weighted by Crippen LogP contribution is -2.48. The summed E-state index contributed by atoms with van der Waals surface area (Å²) in [4.78, 5) is 12.4. The van der Waals surface area contributed by atoms with Gasteiger partial charge in [0.2, 0.25) is 0 Å². The Labute approximate surface area is 196 Å². The third-order valence-corrected chi connectivity index (χ3v) is 9.39. The lowest BCUT2D eigenvalue weighted by molar-refractivity contribution is 0.434. The van der Waals surface area contributed by atoms with Crippen LogP contribution in [0.15, 0.2) is 50.5 Å². The van der Waals surface area contributed by atoms with Crippen LogP contribution in [0.2, 0.25) is 5.02 Å². The number of nitrogens with two attached hydrogens (primary N) is 1. The number of hydrogen-bond acceptors (Lipinski definition) is 7. The third-order valence-electron chi connectivity index (χ3n) is 6.07. The minimum Gasteiger partial charge on any atom is -0.386 e. The van der Waals surface area contributed by atoms with Crippen molar-refractivity contribution >= 4 is 27.2 Å². The van der Waals surface area contributed by atoms with Crippen LogP contribution in [0.1, 0.15) is 31.2 Å². The van der Waals surface area contributed by atoms with Gasteiger partial charge in [-0.2, -0.15) is 0 Å². The summed E-state index contributed by atoms with van der Waals surface area (Å²) in [5.41, 5.74) is 7.48. The molecule has 1 atom stereocenters. The summed E-state index contributed by atoms with van der Waals surface area (Å²) in [5.74, 6) is 0.504. The summed E-state index contributed by atoms with van der Waals surface area (Å²) in [6.07, 6.45) is 5.89. The largest absolute Gasteiger partial charge is 0.386 e. The van der Waals surface area contributed by atoms with Gasteiger partial charge in [-0.3, -0.25) is 4.99 Å². The van der Waals surface area contributed by atoms with Crippen molar-refractivity contribution in [2.75, 3.05) is 14.1 Å². The van der Waals surface area contributed by atoms with E-state index in [9.17, 15) is 8.60 Å². The second-order valence-electron chi connectivity index (χ2n) is 7.89. The Morgan fingerprint density at radius 3 is 2.58 bits per heavy atom. The number of nitrogens with zero attached hydrogens (tertiary/aromatic N) is 5. The molecular formula is C22H24ClFN6O2S.